The van der Waals surface area contributed by atoms with Gasteiger partial charge in [-0.1, -0.05) is 4.49 Å². The number of hydrogen-bond acceptors (Lipinski definition) is 6. The Labute approximate surface area is 100.0 Å². The summed E-state index contributed by atoms with van der Waals surface area (Å²) in [6.45, 7) is 7.00. The van der Waals surface area contributed by atoms with Crippen molar-refractivity contribution in [3.63, 3.8) is 0 Å². The van der Waals surface area contributed by atoms with Crippen LogP contribution in [-0.4, -0.2) is 46.8 Å². The summed E-state index contributed by atoms with van der Waals surface area (Å²) in [5.74, 6) is 0. The quantitative estimate of drug-likeness (QED) is 0.863. The highest BCUT2D eigenvalue weighted by molar-refractivity contribution is 7.10. The maximum atomic E-state index is 5.70. The standard InChI is InChI=1S/C10H18N4OS/c1-7-4-14(5-8(2)15-7)6-9-10(11-3)16-13-12-9/h7-8,11H,4-6H2,1-3H3/t7-,8+. The topological polar surface area (TPSA) is 50.3 Å². The number of aromatic nitrogens is 2. The summed E-state index contributed by atoms with van der Waals surface area (Å²) in [4.78, 5) is 2.37. The van der Waals surface area contributed by atoms with Gasteiger partial charge in [0.15, 0.2) is 0 Å². The molecule has 6 heteroatoms. The number of rotatable bonds is 3. The highest BCUT2D eigenvalue weighted by Gasteiger charge is 2.23. The molecule has 1 aliphatic heterocycles. The molecule has 2 atom stereocenters. The Morgan fingerprint density at radius 1 is 1.44 bits per heavy atom. The van der Waals surface area contributed by atoms with Gasteiger partial charge in [-0.25, -0.2) is 0 Å². The van der Waals surface area contributed by atoms with Crippen LogP contribution in [0.25, 0.3) is 0 Å². The van der Waals surface area contributed by atoms with Crippen LogP contribution in [0.4, 0.5) is 5.00 Å². The van der Waals surface area contributed by atoms with Crippen molar-refractivity contribution in [2.24, 2.45) is 0 Å². The average molecular weight is 242 g/mol. The average Bonchev–Trinajstić information content (AvgIpc) is 2.63. The Morgan fingerprint density at radius 2 is 2.12 bits per heavy atom. The van der Waals surface area contributed by atoms with E-state index < -0.39 is 0 Å². The number of morpholine rings is 1. The summed E-state index contributed by atoms with van der Waals surface area (Å²) < 4.78 is 9.67. The van der Waals surface area contributed by atoms with E-state index in [4.69, 9.17) is 4.74 Å². The normalized spacial score (nSPS) is 26.9. The van der Waals surface area contributed by atoms with Crippen LogP contribution in [0.2, 0.25) is 0 Å². The minimum Gasteiger partial charge on any atom is -0.377 e. The number of nitrogens with zero attached hydrogens (tertiary/aromatic N) is 3. The largest absolute Gasteiger partial charge is 0.377 e. The zero-order chi connectivity index (χ0) is 11.5. The molecule has 1 aromatic heterocycles. The van der Waals surface area contributed by atoms with E-state index in [1.165, 1.54) is 11.5 Å². The molecule has 16 heavy (non-hydrogen) atoms. The molecule has 5 nitrogen and oxygen atoms in total. The summed E-state index contributed by atoms with van der Waals surface area (Å²) in [5, 5.41) is 8.34. The Kier molecular flexibility index (Phi) is 3.73. The van der Waals surface area contributed by atoms with E-state index in [0.717, 1.165) is 30.3 Å². The fourth-order valence-corrected chi connectivity index (χ4v) is 2.65. The lowest BCUT2D eigenvalue weighted by atomic mass is 10.2. The van der Waals surface area contributed by atoms with Crippen LogP contribution in [0.3, 0.4) is 0 Å². The molecule has 1 aliphatic rings. The zero-order valence-corrected chi connectivity index (χ0v) is 10.8. The third-order valence-corrected chi connectivity index (χ3v) is 3.44. The molecular formula is C10H18N4OS. The van der Waals surface area contributed by atoms with Crippen LogP contribution in [0, 0.1) is 0 Å². The van der Waals surface area contributed by atoms with Crippen molar-refractivity contribution in [3.8, 4) is 0 Å². The summed E-state index contributed by atoms with van der Waals surface area (Å²) in [6, 6.07) is 0. The molecule has 0 spiro atoms. The molecule has 0 aliphatic carbocycles. The lowest BCUT2D eigenvalue weighted by Crippen LogP contribution is -2.44. The first-order chi connectivity index (χ1) is 7.69. The molecule has 0 amide bonds. The number of anilines is 1. The van der Waals surface area contributed by atoms with Crippen molar-refractivity contribution in [2.75, 3.05) is 25.5 Å². The van der Waals surface area contributed by atoms with Crippen molar-refractivity contribution in [1.82, 2.24) is 14.5 Å². The predicted molar refractivity (Wildman–Crippen MR) is 64.7 cm³/mol. The monoisotopic (exact) mass is 242 g/mol. The van der Waals surface area contributed by atoms with Crippen molar-refractivity contribution in [3.05, 3.63) is 5.69 Å². The first kappa shape index (κ1) is 11.8. The van der Waals surface area contributed by atoms with Gasteiger partial charge in [0.05, 0.1) is 12.2 Å². The van der Waals surface area contributed by atoms with Crippen LogP contribution in [0.1, 0.15) is 19.5 Å². The molecule has 1 aromatic rings. The highest BCUT2D eigenvalue weighted by atomic mass is 32.1. The molecule has 90 valence electrons. The molecule has 0 radical (unpaired) electrons. The zero-order valence-electron chi connectivity index (χ0n) is 9.93. The van der Waals surface area contributed by atoms with Gasteiger partial charge in [0, 0.05) is 38.2 Å². The molecule has 1 fully saturated rings. The summed E-state index contributed by atoms with van der Waals surface area (Å²) in [6.07, 6.45) is 0.599. The van der Waals surface area contributed by atoms with Crippen LogP contribution in [0.5, 0.6) is 0 Å². The van der Waals surface area contributed by atoms with E-state index in [0.29, 0.717) is 12.2 Å². The van der Waals surface area contributed by atoms with Gasteiger partial charge in [-0.3, -0.25) is 4.90 Å². The van der Waals surface area contributed by atoms with Crippen molar-refractivity contribution in [1.29, 1.82) is 0 Å². The third kappa shape index (κ3) is 2.69. The lowest BCUT2D eigenvalue weighted by molar-refractivity contribution is -0.0707. The lowest BCUT2D eigenvalue weighted by Gasteiger charge is -2.34. The summed E-state index contributed by atoms with van der Waals surface area (Å²) >= 11 is 1.41. The molecular weight excluding hydrogens is 224 g/mol. The molecule has 1 N–H and O–H groups in total. The minimum absolute atomic E-state index is 0.299. The van der Waals surface area contributed by atoms with Gasteiger partial charge in [0.2, 0.25) is 0 Å². The Hall–Kier alpha value is -0.720. The SMILES string of the molecule is CNc1snnc1CN1C[C@@H](C)O[C@@H](C)C1. The van der Waals surface area contributed by atoms with E-state index in [2.05, 4.69) is 33.7 Å². The van der Waals surface area contributed by atoms with Crippen LogP contribution in [0.15, 0.2) is 0 Å². The molecule has 0 aromatic carbocycles. The third-order valence-electron chi connectivity index (χ3n) is 2.65. The molecule has 1 saturated heterocycles. The van der Waals surface area contributed by atoms with Crippen LogP contribution >= 0.6 is 11.5 Å². The van der Waals surface area contributed by atoms with Gasteiger partial charge in [0.25, 0.3) is 0 Å². The predicted octanol–water partition coefficient (Wildman–Crippen LogP) is 1.19. The fraction of sp³-hybridized carbons (Fsp3) is 0.800. The van der Waals surface area contributed by atoms with Gasteiger partial charge in [-0.15, -0.1) is 5.10 Å². The number of nitrogens with one attached hydrogen (secondary N) is 1. The first-order valence-corrected chi connectivity index (χ1v) is 6.33. The van der Waals surface area contributed by atoms with Crippen molar-refractivity contribution in [2.45, 2.75) is 32.6 Å². The van der Waals surface area contributed by atoms with E-state index in [1.54, 1.807) is 0 Å². The molecule has 2 rings (SSSR count). The first-order valence-electron chi connectivity index (χ1n) is 5.56. The maximum Gasteiger partial charge on any atom is 0.134 e. The number of hydrogen-bond donors (Lipinski definition) is 1. The van der Waals surface area contributed by atoms with Crippen molar-refractivity contribution >= 4 is 16.5 Å². The van der Waals surface area contributed by atoms with E-state index in [9.17, 15) is 0 Å². The van der Waals surface area contributed by atoms with E-state index in [1.807, 2.05) is 7.05 Å². The highest BCUT2D eigenvalue weighted by Crippen LogP contribution is 2.20. The van der Waals surface area contributed by atoms with Gasteiger partial charge in [0.1, 0.15) is 10.7 Å². The Morgan fingerprint density at radius 3 is 2.75 bits per heavy atom. The van der Waals surface area contributed by atoms with E-state index in [-0.39, 0.29) is 0 Å². The minimum atomic E-state index is 0.299. The maximum absolute atomic E-state index is 5.70. The van der Waals surface area contributed by atoms with Gasteiger partial charge >= 0.3 is 0 Å². The smallest absolute Gasteiger partial charge is 0.134 e. The molecule has 2 heterocycles. The second kappa shape index (κ2) is 5.07. The molecule has 0 unspecified atom stereocenters. The molecule has 0 saturated carbocycles. The number of ether oxygens (including phenoxy) is 1. The van der Waals surface area contributed by atoms with Gasteiger partial charge in [-0.2, -0.15) is 0 Å². The molecule has 0 bridgehead atoms. The Bertz CT molecular complexity index is 333. The van der Waals surface area contributed by atoms with E-state index >= 15 is 0 Å². The Balaban J connectivity index is 1.98. The summed E-state index contributed by atoms with van der Waals surface area (Å²) in [5.41, 5.74) is 1.04. The van der Waals surface area contributed by atoms with Gasteiger partial charge < -0.3 is 10.1 Å². The van der Waals surface area contributed by atoms with Crippen molar-refractivity contribution < 1.29 is 4.74 Å². The summed E-state index contributed by atoms with van der Waals surface area (Å²) in [7, 11) is 1.91. The second-order valence-electron chi connectivity index (χ2n) is 4.25. The van der Waals surface area contributed by atoms with Crippen LogP contribution < -0.4 is 5.32 Å². The van der Waals surface area contributed by atoms with Crippen LogP contribution in [-0.2, 0) is 11.3 Å². The van der Waals surface area contributed by atoms with Gasteiger partial charge in [-0.05, 0) is 13.8 Å². The fourth-order valence-electron chi connectivity index (χ4n) is 2.13. The second-order valence-corrected chi connectivity index (χ2v) is 5.00.